The van der Waals surface area contributed by atoms with E-state index in [1.54, 1.807) is 0 Å². The number of pyridine rings is 1. The summed E-state index contributed by atoms with van der Waals surface area (Å²) in [6, 6.07) is 2.05. The van der Waals surface area contributed by atoms with Crippen LogP contribution in [0.15, 0.2) is 6.07 Å². The van der Waals surface area contributed by atoms with E-state index in [4.69, 9.17) is 5.26 Å². The van der Waals surface area contributed by atoms with Crippen LogP contribution in [-0.4, -0.2) is 17.0 Å². The van der Waals surface area contributed by atoms with E-state index in [1.165, 1.54) is 6.07 Å². The molecule has 1 aromatic heterocycles. The van der Waals surface area contributed by atoms with Gasteiger partial charge in [-0.2, -0.15) is 5.26 Å². The first-order chi connectivity index (χ1) is 7.51. The van der Waals surface area contributed by atoms with Gasteiger partial charge in [0.05, 0.1) is 12.0 Å². The zero-order chi connectivity index (χ0) is 12.3. The van der Waals surface area contributed by atoms with Gasteiger partial charge in [-0.3, -0.25) is 10.1 Å². The molecule has 0 aliphatic rings. The van der Waals surface area contributed by atoms with E-state index in [0.717, 1.165) is 7.11 Å². The Balaban J connectivity index is 3.51. The highest BCUT2D eigenvalue weighted by molar-refractivity contribution is 5.55. The van der Waals surface area contributed by atoms with Gasteiger partial charge in [0.25, 0.3) is 12.1 Å². The van der Waals surface area contributed by atoms with Gasteiger partial charge in [-0.25, -0.2) is 13.8 Å². The molecule has 0 amide bonds. The molecule has 0 N–H and O–H groups in total. The van der Waals surface area contributed by atoms with Crippen molar-refractivity contribution in [2.75, 3.05) is 7.11 Å². The highest BCUT2D eigenvalue weighted by Crippen LogP contribution is 2.30. The van der Waals surface area contributed by atoms with Crippen LogP contribution in [0.4, 0.5) is 14.5 Å². The number of halogens is 2. The summed E-state index contributed by atoms with van der Waals surface area (Å²) in [7, 11) is 1.09. The van der Waals surface area contributed by atoms with E-state index in [1.807, 2.05) is 0 Å². The lowest BCUT2D eigenvalue weighted by molar-refractivity contribution is -0.385. The van der Waals surface area contributed by atoms with Gasteiger partial charge in [-0.05, 0) is 0 Å². The molecular weight excluding hydrogens is 224 g/mol. The fourth-order valence-electron chi connectivity index (χ4n) is 1.04. The lowest BCUT2D eigenvalue weighted by Gasteiger charge is -2.05. The molecule has 1 aromatic rings. The predicted octanol–water partition coefficient (Wildman–Crippen LogP) is 1.81. The number of methoxy groups -OCH3 is 1. The average Bonchev–Trinajstić information content (AvgIpc) is 2.26. The van der Waals surface area contributed by atoms with E-state index < -0.39 is 34.2 Å². The van der Waals surface area contributed by atoms with Gasteiger partial charge in [-0.1, -0.05) is 0 Å². The Bertz CT molecular complexity index is 470. The Hall–Kier alpha value is -2.30. The molecule has 0 saturated carbocycles. The van der Waals surface area contributed by atoms with Crippen LogP contribution in [-0.2, 0) is 0 Å². The van der Waals surface area contributed by atoms with Crippen molar-refractivity contribution >= 4 is 5.69 Å². The first kappa shape index (κ1) is 11.8. The van der Waals surface area contributed by atoms with E-state index in [0.29, 0.717) is 6.07 Å². The summed E-state index contributed by atoms with van der Waals surface area (Å²) in [6.45, 7) is 0. The molecule has 6 nitrogen and oxygen atoms in total. The quantitative estimate of drug-likeness (QED) is 0.582. The van der Waals surface area contributed by atoms with Gasteiger partial charge in [0.1, 0.15) is 11.8 Å². The predicted molar refractivity (Wildman–Crippen MR) is 47.1 cm³/mol. The van der Waals surface area contributed by atoms with Crippen LogP contribution in [0.3, 0.4) is 0 Å². The van der Waals surface area contributed by atoms with Gasteiger partial charge in [0.2, 0.25) is 5.88 Å². The zero-order valence-corrected chi connectivity index (χ0v) is 7.98. The van der Waals surface area contributed by atoms with Gasteiger partial charge in [0, 0.05) is 6.07 Å². The van der Waals surface area contributed by atoms with Crippen molar-refractivity contribution < 1.29 is 18.4 Å². The van der Waals surface area contributed by atoms with Crippen molar-refractivity contribution in [2.24, 2.45) is 0 Å². The average molecular weight is 229 g/mol. The Labute approximate surface area is 88.2 Å². The Morgan fingerprint density at radius 2 is 2.31 bits per heavy atom. The van der Waals surface area contributed by atoms with Crippen molar-refractivity contribution in [2.45, 2.75) is 6.43 Å². The standard InChI is InChI=1S/C8H5F2N3O3/c1-16-8-4(3-11)6(13(14)15)2-5(12-8)7(9)10/h2,7H,1H3. The number of alkyl halides is 2. The lowest BCUT2D eigenvalue weighted by Crippen LogP contribution is -2.02. The summed E-state index contributed by atoms with van der Waals surface area (Å²) in [5, 5.41) is 19.2. The molecule has 8 heteroatoms. The Morgan fingerprint density at radius 3 is 2.69 bits per heavy atom. The number of nitrogens with zero attached hydrogens (tertiary/aromatic N) is 3. The largest absolute Gasteiger partial charge is 0.480 e. The van der Waals surface area contributed by atoms with E-state index in [-0.39, 0.29) is 0 Å². The number of nitro groups is 1. The van der Waals surface area contributed by atoms with Crippen LogP contribution >= 0.6 is 0 Å². The molecule has 0 unspecified atom stereocenters. The number of rotatable bonds is 3. The smallest absolute Gasteiger partial charge is 0.294 e. The van der Waals surface area contributed by atoms with Gasteiger partial charge >= 0.3 is 0 Å². The molecule has 0 bridgehead atoms. The maximum atomic E-state index is 12.3. The van der Waals surface area contributed by atoms with Crippen molar-refractivity contribution in [3.63, 3.8) is 0 Å². The second-order valence-electron chi connectivity index (χ2n) is 2.62. The van der Waals surface area contributed by atoms with E-state index in [2.05, 4.69) is 9.72 Å². The van der Waals surface area contributed by atoms with Crippen molar-refractivity contribution in [3.05, 3.63) is 27.4 Å². The maximum absolute atomic E-state index is 12.3. The summed E-state index contributed by atoms with van der Waals surface area (Å²) in [6.07, 6.45) is -2.97. The van der Waals surface area contributed by atoms with Crippen LogP contribution in [0.25, 0.3) is 0 Å². The van der Waals surface area contributed by atoms with Crippen LogP contribution < -0.4 is 4.74 Å². The summed E-state index contributed by atoms with van der Waals surface area (Å²) < 4.78 is 29.2. The van der Waals surface area contributed by atoms with Gasteiger partial charge in [0.15, 0.2) is 5.56 Å². The second kappa shape index (κ2) is 4.48. The second-order valence-corrected chi connectivity index (χ2v) is 2.62. The van der Waals surface area contributed by atoms with Crippen LogP contribution in [0.2, 0.25) is 0 Å². The third-order valence-electron chi connectivity index (χ3n) is 1.71. The topological polar surface area (TPSA) is 89.1 Å². The number of nitriles is 1. The monoisotopic (exact) mass is 229 g/mol. The molecule has 16 heavy (non-hydrogen) atoms. The molecule has 0 radical (unpaired) electrons. The first-order valence-corrected chi connectivity index (χ1v) is 3.92. The molecule has 0 spiro atoms. The summed E-state index contributed by atoms with van der Waals surface area (Å²) >= 11 is 0. The molecule has 1 rings (SSSR count). The van der Waals surface area contributed by atoms with E-state index >= 15 is 0 Å². The summed E-state index contributed by atoms with van der Waals surface area (Å²) in [5.74, 6) is -0.480. The molecule has 1 heterocycles. The lowest BCUT2D eigenvalue weighted by atomic mass is 10.2. The molecule has 0 fully saturated rings. The minimum absolute atomic E-state index is 0.475. The third-order valence-corrected chi connectivity index (χ3v) is 1.71. The molecule has 0 atom stereocenters. The molecule has 84 valence electrons. The van der Waals surface area contributed by atoms with Crippen molar-refractivity contribution in [1.82, 2.24) is 4.98 Å². The van der Waals surface area contributed by atoms with Crippen LogP contribution in [0.5, 0.6) is 5.88 Å². The Kier molecular flexibility index (Phi) is 3.30. The van der Waals surface area contributed by atoms with Crippen molar-refractivity contribution in [3.8, 4) is 11.9 Å². The fourth-order valence-corrected chi connectivity index (χ4v) is 1.04. The zero-order valence-electron chi connectivity index (χ0n) is 7.98. The first-order valence-electron chi connectivity index (χ1n) is 3.92. The van der Waals surface area contributed by atoms with Gasteiger partial charge in [-0.15, -0.1) is 0 Å². The maximum Gasteiger partial charge on any atom is 0.294 e. The minimum atomic E-state index is -2.97. The number of aromatic nitrogens is 1. The van der Waals surface area contributed by atoms with Crippen molar-refractivity contribution in [1.29, 1.82) is 5.26 Å². The SMILES string of the molecule is COc1nc(C(F)F)cc([N+](=O)[O-])c1C#N. The van der Waals surface area contributed by atoms with Crippen LogP contribution in [0, 0.1) is 21.4 Å². The Morgan fingerprint density at radius 1 is 1.69 bits per heavy atom. The molecule has 0 aromatic carbocycles. The summed E-state index contributed by atoms with van der Waals surface area (Å²) in [5.41, 5.74) is -2.02. The molecular formula is C8H5F2N3O3. The van der Waals surface area contributed by atoms with Crippen LogP contribution in [0.1, 0.15) is 17.7 Å². The number of ether oxygens (including phenoxy) is 1. The summed E-state index contributed by atoms with van der Waals surface area (Å²) in [4.78, 5) is 12.9. The molecule has 0 aliphatic heterocycles. The van der Waals surface area contributed by atoms with Gasteiger partial charge < -0.3 is 4.74 Å². The highest BCUT2D eigenvalue weighted by Gasteiger charge is 2.24. The number of hydrogen-bond donors (Lipinski definition) is 0. The highest BCUT2D eigenvalue weighted by atomic mass is 19.3. The minimum Gasteiger partial charge on any atom is -0.480 e. The normalized spacial score (nSPS) is 9.94. The number of hydrogen-bond acceptors (Lipinski definition) is 5. The fraction of sp³-hybridized carbons (Fsp3) is 0.250. The molecule has 0 aliphatic carbocycles. The molecule has 0 saturated heterocycles. The third kappa shape index (κ3) is 2.03. The van der Waals surface area contributed by atoms with E-state index in [9.17, 15) is 18.9 Å².